The van der Waals surface area contributed by atoms with Crippen LogP contribution in [-0.4, -0.2) is 34.2 Å². The lowest BCUT2D eigenvalue weighted by Crippen LogP contribution is -2.28. The first-order valence-corrected chi connectivity index (χ1v) is 6.18. The fourth-order valence-corrected chi connectivity index (χ4v) is 1.65. The van der Waals surface area contributed by atoms with Crippen LogP contribution in [0.5, 0.6) is 0 Å². The molecule has 0 aliphatic carbocycles. The maximum Gasteiger partial charge on any atom is 0.258 e. The van der Waals surface area contributed by atoms with Gasteiger partial charge in [0.25, 0.3) is 5.91 Å². The van der Waals surface area contributed by atoms with E-state index in [2.05, 4.69) is 18.9 Å². The molecule has 0 unspecified atom stereocenters. The molecule has 0 saturated carbocycles. The molecule has 1 rings (SSSR count). The molecular formula is C12H22N4O. The summed E-state index contributed by atoms with van der Waals surface area (Å²) in [5.41, 5.74) is 6.27. The van der Waals surface area contributed by atoms with E-state index in [-0.39, 0.29) is 5.91 Å². The van der Waals surface area contributed by atoms with Gasteiger partial charge in [-0.25, -0.2) is 0 Å². The quantitative estimate of drug-likeness (QED) is 0.821. The number of anilines is 1. The Balaban J connectivity index is 2.73. The Bertz CT molecular complexity index is 373. The molecular weight excluding hydrogens is 216 g/mol. The fraction of sp³-hybridized carbons (Fsp3) is 0.667. The average Bonchev–Trinajstić information content (AvgIpc) is 2.66. The SMILES string of the molecule is CCCCN(C)C(=O)c1cn(CCC)nc1N. The van der Waals surface area contributed by atoms with Crippen molar-refractivity contribution in [2.45, 2.75) is 39.7 Å². The highest BCUT2D eigenvalue weighted by molar-refractivity contribution is 5.97. The molecule has 0 aliphatic rings. The summed E-state index contributed by atoms with van der Waals surface area (Å²) >= 11 is 0. The smallest absolute Gasteiger partial charge is 0.258 e. The lowest BCUT2D eigenvalue weighted by molar-refractivity contribution is 0.0794. The Morgan fingerprint density at radius 3 is 2.76 bits per heavy atom. The van der Waals surface area contributed by atoms with Crippen LogP contribution < -0.4 is 5.73 Å². The number of carbonyl (C=O) groups is 1. The van der Waals surface area contributed by atoms with Crippen molar-refractivity contribution in [1.29, 1.82) is 0 Å². The topological polar surface area (TPSA) is 64.2 Å². The van der Waals surface area contributed by atoms with Crippen molar-refractivity contribution in [2.24, 2.45) is 0 Å². The third-order valence-electron chi connectivity index (χ3n) is 2.67. The van der Waals surface area contributed by atoms with Crippen molar-refractivity contribution in [2.75, 3.05) is 19.3 Å². The van der Waals surface area contributed by atoms with Gasteiger partial charge >= 0.3 is 0 Å². The monoisotopic (exact) mass is 238 g/mol. The Labute approximate surface area is 103 Å². The number of hydrogen-bond acceptors (Lipinski definition) is 3. The van der Waals surface area contributed by atoms with Gasteiger partial charge in [-0.05, 0) is 12.8 Å². The van der Waals surface area contributed by atoms with E-state index < -0.39 is 0 Å². The van der Waals surface area contributed by atoms with Crippen molar-refractivity contribution in [3.05, 3.63) is 11.8 Å². The standard InChI is InChI=1S/C12H22N4O/c1-4-6-8-15(3)12(17)10-9-16(7-5-2)14-11(10)13/h9H,4-8H2,1-3H3,(H2,13,14). The molecule has 0 aromatic carbocycles. The zero-order valence-corrected chi connectivity index (χ0v) is 10.9. The normalized spacial score (nSPS) is 10.5. The first-order chi connectivity index (χ1) is 8.10. The number of nitrogens with zero attached hydrogens (tertiary/aromatic N) is 3. The first-order valence-electron chi connectivity index (χ1n) is 6.18. The molecule has 96 valence electrons. The zero-order valence-electron chi connectivity index (χ0n) is 10.9. The van der Waals surface area contributed by atoms with Crippen LogP contribution in [0.15, 0.2) is 6.20 Å². The predicted octanol–water partition coefficient (Wildman–Crippen LogP) is 1.75. The van der Waals surface area contributed by atoms with Crippen LogP contribution in [0.1, 0.15) is 43.5 Å². The van der Waals surface area contributed by atoms with Crippen molar-refractivity contribution in [3.8, 4) is 0 Å². The number of amides is 1. The minimum absolute atomic E-state index is 0.0432. The van der Waals surface area contributed by atoms with Gasteiger partial charge in [0.2, 0.25) is 0 Å². The second kappa shape index (κ2) is 6.27. The molecule has 0 aliphatic heterocycles. The molecule has 1 aromatic heterocycles. The van der Waals surface area contributed by atoms with Gasteiger partial charge in [-0.1, -0.05) is 20.3 Å². The van der Waals surface area contributed by atoms with E-state index in [0.29, 0.717) is 11.4 Å². The number of carbonyl (C=O) groups excluding carboxylic acids is 1. The molecule has 0 radical (unpaired) electrons. The summed E-state index contributed by atoms with van der Waals surface area (Å²) in [4.78, 5) is 13.8. The van der Waals surface area contributed by atoms with Crippen LogP contribution in [0.25, 0.3) is 0 Å². The summed E-state index contributed by atoms with van der Waals surface area (Å²) in [6.07, 6.45) is 4.79. The van der Waals surface area contributed by atoms with E-state index in [9.17, 15) is 4.79 Å². The maximum absolute atomic E-state index is 12.1. The van der Waals surface area contributed by atoms with Gasteiger partial charge in [0.05, 0.1) is 0 Å². The third-order valence-corrected chi connectivity index (χ3v) is 2.67. The van der Waals surface area contributed by atoms with Crippen LogP contribution in [-0.2, 0) is 6.54 Å². The number of nitrogen functional groups attached to an aromatic ring is 1. The second-order valence-corrected chi connectivity index (χ2v) is 4.27. The summed E-state index contributed by atoms with van der Waals surface area (Å²) in [7, 11) is 1.80. The van der Waals surface area contributed by atoms with Gasteiger partial charge in [0, 0.05) is 26.3 Å². The van der Waals surface area contributed by atoms with Gasteiger partial charge < -0.3 is 10.6 Å². The number of aryl methyl sites for hydroxylation is 1. The molecule has 17 heavy (non-hydrogen) atoms. The molecule has 5 heteroatoms. The first kappa shape index (κ1) is 13.5. The minimum Gasteiger partial charge on any atom is -0.382 e. The van der Waals surface area contributed by atoms with Crippen molar-refractivity contribution in [1.82, 2.24) is 14.7 Å². The zero-order chi connectivity index (χ0) is 12.8. The number of unbranched alkanes of at least 4 members (excludes halogenated alkanes) is 1. The van der Waals surface area contributed by atoms with E-state index >= 15 is 0 Å². The minimum atomic E-state index is -0.0432. The van der Waals surface area contributed by atoms with Gasteiger partial charge in [0.1, 0.15) is 5.56 Å². The highest BCUT2D eigenvalue weighted by Gasteiger charge is 2.17. The molecule has 1 heterocycles. The molecule has 0 fully saturated rings. The lowest BCUT2D eigenvalue weighted by atomic mass is 10.2. The summed E-state index contributed by atoms with van der Waals surface area (Å²) in [6.45, 7) is 5.71. The Hall–Kier alpha value is -1.52. The average molecular weight is 238 g/mol. The number of nitrogens with two attached hydrogens (primary N) is 1. The van der Waals surface area contributed by atoms with Crippen LogP contribution in [0.2, 0.25) is 0 Å². The van der Waals surface area contributed by atoms with Crippen LogP contribution in [0.3, 0.4) is 0 Å². The van der Waals surface area contributed by atoms with E-state index in [1.54, 1.807) is 22.8 Å². The highest BCUT2D eigenvalue weighted by atomic mass is 16.2. The Morgan fingerprint density at radius 1 is 1.47 bits per heavy atom. The van der Waals surface area contributed by atoms with E-state index in [4.69, 9.17) is 5.73 Å². The Kier molecular flexibility index (Phi) is 5.00. The van der Waals surface area contributed by atoms with Gasteiger partial charge in [0.15, 0.2) is 5.82 Å². The second-order valence-electron chi connectivity index (χ2n) is 4.27. The van der Waals surface area contributed by atoms with E-state index in [1.165, 1.54) is 0 Å². The number of aromatic nitrogens is 2. The predicted molar refractivity (Wildman–Crippen MR) is 68.8 cm³/mol. The van der Waals surface area contributed by atoms with Crippen LogP contribution in [0.4, 0.5) is 5.82 Å². The maximum atomic E-state index is 12.1. The summed E-state index contributed by atoms with van der Waals surface area (Å²) in [5.74, 6) is 0.283. The van der Waals surface area contributed by atoms with Crippen molar-refractivity contribution < 1.29 is 4.79 Å². The van der Waals surface area contributed by atoms with E-state index in [1.807, 2.05) is 0 Å². The lowest BCUT2D eigenvalue weighted by Gasteiger charge is -2.15. The molecule has 0 bridgehead atoms. The van der Waals surface area contributed by atoms with Crippen molar-refractivity contribution >= 4 is 11.7 Å². The molecule has 1 aromatic rings. The largest absolute Gasteiger partial charge is 0.382 e. The van der Waals surface area contributed by atoms with Gasteiger partial charge in [-0.3, -0.25) is 9.48 Å². The molecule has 0 spiro atoms. The molecule has 5 nitrogen and oxygen atoms in total. The van der Waals surface area contributed by atoms with Crippen LogP contribution >= 0.6 is 0 Å². The molecule has 1 amide bonds. The summed E-state index contributed by atoms with van der Waals surface area (Å²) < 4.78 is 1.73. The van der Waals surface area contributed by atoms with Gasteiger partial charge in [-0.2, -0.15) is 5.10 Å². The molecule has 0 saturated heterocycles. The summed E-state index contributed by atoms with van der Waals surface area (Å²) in [5, 5.41) is 4.13. The summed E-state index contributed by atoms with van der Waals surface area (Å²) in [6, 6.07) is 0. The molecule has 0 atom stereocenters. The molecule has 2 N–H and O–H groups in total. The number of rotatable bonds is 6. The highest BCUT2D eigenvalue weighted by Crippen LogP contribution is 2.12. The van der Waals surface area contributed by atoms with Gasteiger partial charge in [-0.15, -0.1) is 0 Å². The Morgan fingerprint density at radius 2 is 2.18 bits per heavy atom. The number of hydrogen-bond donors (Lipinski definition) is 1. The van der Waals surface area contributed by atoms with Crippen molar-refractivity contribution in [3.63, 3.8) is 0 Å². The fourth-order valence-electron chi connectivity index (χ4n) is 1.65. The third kappa shape index (κ3) is 3.47. The van der Waals surface area contributed by atoms with E-state index in [0.717, 1.165) is 32.4 Å². The van der Waals surface area contributed by atoms with Crippen LogP contribution in [0, 0.1) is 0 Å².